The van der Waals surface area contributed by atoms with Gasteiger partial charge in [-0.05, 0) is 108 Å². The van der Waals surface area contributed by atoms with Crippen molar-refractivity contribution >= 4 is 28.5 Å². The van der Waals surface area contributed by atoms with Gasteiger partial charge in [0.05, 0.1) is 34.4 Å². The van der Waals surface area contributed by atoms with Crippen LogP contribution in [0.2, 0.25) is 0 Å². The second-order valence-electron chi connectivity index (χ2n) is 14.2. The van der Waals surface area contributed by atoms with Gasteiger partial charge in [-0.2, -0.15) is 20.6 Å². The molecule has 2 bridgehead atoms. The van der Waals surface area contributed by atoms with E-state index in [1.807, 2.05) is 16.6 Å². The number of fused-ring (bicyclic) bond motifs is 4. The first-order chi connectivity index (χ1) is 21.3. The minimum absolute atomic E-state index is 0.0249. The fraction of sp³-hybridized carbons (Fsp3) is 0.528. The van der Waals surface area contributed by atoms with E-state index in [0.29, 0.717) is 11.5 Å². The third-order valence-corrected chi connectivity index (χ3v) is 11.0. The molecule has 0 saturated heterocycles. The highest BCUT2D eigenvalue weighted by molar-refractivity contribution is 6.18. The molecule has 8 heteroatoms. The van der Waals surface area contributed by atoms with Gasteiger partial charge < -0.3 is 10.6 Å². The number of nitriles is 1. The average molecular weight is 590 g/mol. The fourth-order valence-corrected chi connectivity index (χ4v) is 8.15. The first kappa shape index (κ1) is 28.8. The molecule has 0 spiro atoms. The molecule has 5 aliphatic rings. The van der Waals surface area contributed by atoms with Crippen molar-refractivity contribution in [2.45, 2.75) is 103 Å². The van der Waals surface area contributed by atoms with Crippen molar-refractivity contribution in [2.24, 2.45) is 27.5 Å². The average Bonchev–Trinajstić information content (AvgIpc) is 3.70. The summed E-state index contributed by atoms with van der Waals surface area (Å²) in [5.41, 5.74) is 7.92. The first-order valence-corrected chi connectivity index (χ1v) is 16.5. The van der Waals surface area contributed by atoms with Crippen LogP contribution in [0.15, 0.2) is 52.8 Å². The van der Waals surface area contributed by atoms with Crippen LogP contribution in [-0.2, 0) is 4.79 Å². The van der Waals surface area contributed by atoms with E-state index in [2.05, 4.69) is 66.8 Å². The van der Waals surface area contributed by atoms with Gasteiger partial charge >= 0.3 is 0 Å². The van der Waals surface area contributed by atoms with Gasteiger partial charge in [-0.15, -0.1) is 0 Å². The predicted molar refractivity (Wildman–Crippen MR) is 175 cm³/mol. The lowest BCUT2D eigenvalue weighted by Gasteiger charge is -2.54. The van der Waals surface area contributed by atoms with Gasteiger partial charge in [-0.3, -0.25) is 4.79 Å². The molecule has 8 rings (SSSR count). The number of hydrogen-bond acceptors (Lipinski definition) is 6. The molecule has 0 atom stereocenters. The molecule has 0 radical (unpaired) electrons. The zero-order valence-electron chi connectivity index (χ0n) is 26.2. The van der Waals surface area contributed by atoms with Gasteiger partial charge in [0.15, 0.2) is 0 Å². The molecule has 228 valence electrons. The number of aromatic nitrogens is 2. The SMILES string of the molecule is CC1CCC(C(=O)NC23CCC(C4=NN=C(c5ccc(-c6ccc7cc(C#N)cnn67)cc5NC(C)C)C4)(CC2)CC3)CC1. The summed E-state index contributed by atoms with van der Waals surface area (Å²) in [4.78, 5) is 13.2. The van der Waals surface area contributed by atoms with Crippen LogP contribution in [0, 0.1) is 28.6 Å². The summed E-state index contributed by atoms with van der Waals surface area (Å²) >= 11 is 0. The van der Waals surface area contributed by atoms with Crippen LogP contribution in [-0.4, -0.2) is 38.5 Å². The van der Waals surface area contributed by atoms with Crippen molar-refractivity contribution < 1.29 is 4.79 Å². The molecule has 4 aliphatic carbocycles. The molecule has 44 heavy (non-hydrogen) atoms. The standard InChI is InChI=1S/C36H43N7O/c1-23(2)39-30-19-27(32-11-9-28-18-25(21-37)22-38-43(28)32)8-10-29(30)31-20-33(42-41-31)35-12-15-36(16-13-35,17-14-35)40-34(44)26-6-4-24(3)5-7-26/h8-11,18-19,22-24,26,39H,4-7,12-17,20H2,1-3H3,(H,40,44). The Morgan fingerprint density at radius 1 is 1.00 bits per heavy atom. The molecular formula is C36H43N7O. The lowest BCUT2D eigenvalue weighted by Crippen LogP contribution is -2.59. The Morgan fingerprint density at radius 3 is 2.45 bits per heavy atom. The maximum absolute atomic E-state index is 13.2. The second kappa shape index (κ2) is 11.2. The maximum Gasteiger partial charge on any atom is 0.223 e. The number of nitrogens with zero attached hydrogens (tertiary/aromatic N) is 5. The summed E-state index contributed by atoms with van der Waals surface area (Å²) in [5, 5.41) is 30.6. The third-order valence-electron chi connectivity index (χ3n) is 11.0. The monoisotopic (exact) mass is 589 g/mol. The lowest BCUT2D eigenvalue weighted by molar-refractivity contribution is -0.130. The Kier molecular flexibility index (Phi) is 7.31. The Balaban J connectivity index is 1.05. The van der Waals surface area contributed by atoms with Crippen molar-refractivity contribution in [1.29, 1.82) is 5.26 Å². The van der Waals surface area contributed by atoms with Crippen LogP contribution in [0.4, 0.5) is 5.69 Å². The van der Waals surface area contributed by atoms with E-state index in [9.17, 15) is 10.1 Å². The van der Waals surface area contributed by atoms with Gasteiger partial charge in [0.1, 0.15) is 6.07 Å². The van der Waals surface area contributed by atoms with E-state index < -0.39 is 0 Å². The zero-order chi connectivity index (χ0) is 30.5. The van der Waals surface area contributed by atoms with Crippen molar-refractivity contribution in [2.75, 3.05) is 5.32 Å². The molecule has 0 unspecified atom stereocenters. The quantitative estimate of drug-likeness (QED) is 0.302. The number of anilines is 1. The predicted octanol–water partition coefficient (Wildman–Crippen LogP) is 7.28. The molecule has 1 amide bonds. The molecule has 3 aromatic rings. The molecular weight excluding hydrogens is 546 g/mol. The Morgan fingerprint density at radius 2 is 1.75 bits per heavy atom. The number of benzene rings is 1. The van der Waals surface area contributed by atoms with Crippen molar-refractivity contribution in [3.05, 3.63) is 53.7 Å². The smallest absolute Gasteiger partial charge is 0.223 e. The first-order valence-electron chi connectivity index (χ1n) is 16.5. The van der Waals surface area contributed by atoms with Crippen molar-refractivity contribution in [3.8, 4) is 17.3 Å². The molecule has 3 heterocycles. The van der Waals surface area contributed by atoms with E-state index in [0.717, 1.165) is 97.4 Å². The van der Waals surface area contributed by atoms with Crippen molar-refractivity contribution in [3.63, 3.8) is 0 Å². The Bertz CT molecular complexity index is 1670. The van der Waals surface area contributed by atoms with E-state index in [-0.39, 0.29) is 22.9 Å². The Hall–Kier alpha value is -3.99. The van der Waals surface area contributed by atoms with E-state index in [1.54, 1.807) is 6.20 Å². The highest BCUT2D eigenvalue weighted by Gasteiger charge is 2.52. The largest absolute Gasteiger partial charge is 0.382 e. The zero-order valence-corrected chi connectivity index (χ0v) is 26.2. The molecule has 1 aromatic carbocycles. The van der Waals surface area contributed by atoms with Crippen LogP contribution in [0.25, 0.3) is 16.8 Å². The minimum Gasteiger partial charge on any atom is -0.382 e. The van der Waals surface area contributed by atoms with Gasteiger partial charge in [-0.1, -0.05) is 19.1 Å². The summed E-state index contributed by atoms with van der Waals surface area (Å²) < 4.78 is 1.88. The number of carbonyl (C=O) groups excluding carboxylic acids is 1. The van der Waals surface area contributed by atoms with E-state index in [4.69, 9.17) is 10.2 Å². The van der Waals surface area contributed by atoms with Crippen LogP contribution in [0.1, 0.15) is 103 Å². The molecule has 8 nitrogen and oxygen atoms in total. The summed E-state index contributed by atoms with van der Waals surface area (Å²) in [6.07, 6.45) is 13.2. The van der Waals surface area contributed by atoms with Gasteiger partial charge in [0, 0.05) is 46.1 Å². The second-order valence-corrected chi connectivity index (χ2v) is 14.2. The summed E-state index contributed by atoms with van der Waals surface area (Å²) in [5.74, 6) is 1.27. The molecule has 2 aromatic heterocycles. The van der Waals surface area contributed by atoms with Crippen LogP contribution in [0.3, 0.4) is 0 Å². The number of carbonyl (C=O) groups is 1. The van der Waals surface area contributed by atoms with E-state index >= 15 is 0 Å². The van der Waals surface area contributed by atoms with Gasteiger partial charge in [-0.25, -0.2) is 4.52 Å². The van der Waals surface area contributed by atoms with Gasteiger partial charge in [0.2, 0.25) is 5.91 Å². The number of hydrogen-bond donors (Lipinski definition) is 2. The van der Waals surface area contributed by atoms with Gasteiger partial charge in [0.25, 0.3) is 0 Å². The van der Waals surface area contributed by atoms with Crippen LogP contribution in [0.5, 0.6) is 0 Å². The molecule has 2 N–H and O–H groups in total. The molecule has 4 saturated carbocycles. The summed E-state index contributed by atoms with van der Waals surface area (Å²) in [6.45, 7) is 6.60. The minimum atomic E-state index is -0.0249. The highest BCUT2D eigenvalue weighted by Crippen LogP contribution is 2.54. The Labute approximate surface area is 260 Å². The number of rotatable bonds is 7. The van der Waals surface area contributed by atoms with E-state index in [1.165, 1.54) is 18.6 Å². The number of nitrogens with one attached hydrogen (secondary N) is 2. The number of amides is 1. The normalized spacial score (nSPS) is 28.1. The van der Waals surface area contributed by atoms with Crippen LogP contribution < -0.4 is 10.6 Å². The molecule has 4 fully saturated rings. The third kappa shape index (κ3) is 5.21. The fourth-order valence-electron chi connectivity index (χ4n) is 8.15. The highest BCUT2D eigenvalue weighted by atomic mass is 16.2. The lowest BCUT2D eigenvalue weighted by atomic mass is 9.55. The summed E-state index contributed by atoms with van der Waals surface area (Å²) in [6, 6.07) is 14.8. The maximum atomic E-state index is 13.2. The van der Waals surface area contributed by atoms with Crippen molar-refractivity contribution in [1.82, 2.24) is 14.9 Å². The van der Waals surface area contributed by atoms with Crippen LogP contribution >= 0.6 is 0 Å². The summed E-state index contributed by atoms with van der Waals surface area (Å²) in [7, 11) is 0. The molecule has 1 aliphatic heterocycles. The topological polar surface area (TPSA) is 107 Å².